The molecule has 0 radical (unpaired) electrons. The first-order valence-corrected chi connectivity index (χ1v) is 11.4. The fraction of sp³-hybridized carbons (Fsp3) is 0.318. The van der Waals surface area contributed by atoms with Crippen LogP contribution in [0, 0.1) is 0 Å². The van der Waals surface area contributed by atoms with Crippen LogP contribution in [0.15, 0.2) is 48.7 Å². The Balaban J connectivity index is 1.80. The Morgan fingerprint density at radius 2 is 1.82 bits per heavy atom. The molecule has 0 bridgehead atoms. The summed E-state index contributed by atoms with van der Waals surface area (Å²) in [6.45, 7) is 2.23. The molecule has 0 spiro atoms. The van der Waals surface area contributed by atoms with Gasteiger partial charge in [-0.15, -0.1) is 0 Å². The van der Waals surface area contributed by atoms with Crippen LogP contribution in [-0.2, 0) is 34.9 Å². The first kappa shape index (κ1) is 23.3. The number of aromatic nitrogens is 1. The van der Waals surface area contributed by atoms with Crippen LogP contribution in [0.1, 0.15) is 17.5 Å². The number of hydrogen-bond donors (Lipinski definition) is 0. The van der Waals surface area contributed by atoms with Gasteiger partial charge in [0.1, 0.15) is 12.4 Å². The second kappa shape index (κ2) is 9.54. The number of nitrogens with zero attached hydrogens (tertiary/aromatic N) is 2. The molecular formula is C22H20F3N2O5S-. The highest BCUT2D eigenvalue weighted by atomic mass is 32.2. The van der Waals surface area contributed by atoms with Crippen molar-refractivity contribution in [2.45, 2.75) is 31.6 Å². The number of likely N-dealkylation sites (tertiary alicyclic amines) is 1. The number of alkyl halides is 3. The molecule has 1 aliphatic heterocycles. The van der Waals surface area contributed by atoms with Crippen molar-refractivity contribution in [2.24, 2.45) is 0 Å². The summed E-state index contributed by atoms with van der Waals surface area (Å²) in [5.41, 5.74) is 1.71. The summed E-state index contributed by atoms with van der Waals surface area (Å²) in [5.74, 6) is -3.02. The largest absolute Gasteiger partial charge is 0.771 e. The van der Waals surface area contributed by atoms with Crippen LogP contribution in [0.25, 0.3) is 10.9 Å². The highest BCUT2D eigenvalue weighted by Crippen LogP contribution is 2.39. The SMILES string of the molecule is O=C(Oc1cn(CS(=O)[O-])c2c(OCc3ccccc3)ccc(CN3CCC3)c12)C(F)(F)F. The lowest BCUT2D eigenvalue weighted by Gasteiger charge is -2.31. The Hall–Kier alpha value is -2.89. The van der Waals surface area contributed by atoms with Gasteiger partial charge in [-0.1, -0.05) is 36.4 Å². The van der Waals surface area contributed by atoms with E-state index in [-0.39, 0.29) is 29.0 Å². The van der Waals surface area contributed by atoms with Crippen LogP contribution in [0.3, 0.4) is 0 Å². The van der Waals surface area contributed by atoms with Gasteiger partial charge in [-0.25, -0.2) is 4.79 Å². The first-order valence-electron chi connectivity index (χ1n) is 10.1. The Morgan fingerprint density at radius 1 is 1.09 bits per heavy atom. The maximum Gasteiger partial charge on any atom is 0.491 e. The number of hydrogen-bond acceptors (Lipinski definition) is 6. The first-order chi connectivity index (χ1) is 15.7. The van der Waals surface area contributed by atoms with Crippen LogP contribution in [-0.4, -0.2) is 43.5 Å². The number of halogens is 3. The highest BCUT2D eigenvalue weighted by Gasteiger charge is 2.42. The summed E-state index contributed by atoms with van der Waals surface area (Å²) in [7, 11) is 0. The zero-order valence-electron chi connectivity index (χ0n) is 17.3. The van der Waals surface area contributed by atoms with E-state index in [1.54, 1.807) is 12.1 Å². The molecular weight excluding hydrogens is 461 g/mol. The van der Waals surface area contributed by atoms with Gasteiger partial charge in [0.15, 0.2) is 5.75 Å². The quantitative estimate of drug-likeness (QED) is 0.360. The minimum Gasteiger partial charge on any atom is -0.771 e. The van der Waals surface area contributed by atoms with Gasteiger partial charge in [-0.2, -0.15) is 13.2 Å². The number of benzene rings is 2. The monoisotopic (exact) mass is 481 g/mol. The molecule has 2 heterocycles. The van der Waals surface area contributed by atoms with E-state index in [1.165, 1.54) is 4.57 Å². The Bertz CT molecular complexity index is 1180. The van der Waals surface area contributed by atoms with Gasteiger partial charge in [-0.3, -0.25) is 9.11 Å². The maximum absolute atomic E-state index is 12.9. The highest BCUT2D eigenvalue weighted by molar-refractivity contribution is 7.78. The Morgan fingerprint density at radius 3 is 2.42 bits per heavy atom. The molecule has 11 heteroatoms. The molecule has 0 saturated carbocycles. The minimum atomic E-state index is -5.20. The number of fused-ring (bicyclic) bond motifs is 1. The van der Waals surface area contributed by atoms with Crippen molar-refractivity contribution in [1.29, 1.82) is 0 Å². The molecule has 4 rings (SSSR count). The molecule has 2 aromatic carbocycles. The number of carbonyl (C=O) groups excluding carboxylic acids is 1. The fourth-order valence-corrected chi connectivity index (χ4v) is 4.09. The van der Waals surface area contributed by atoms with Crippen molar-refractivity contribution < 1.29 is 36.2 Å². The Kier molecular flexibility index (Phi) is 6.73. The molecule has 1 atom stereocenters. The van der Waals surface area contributed by atoms with Crippen LogP contribution < -0.4 is 9.47 Å². The summed E-state index contributed by atoms with van der Waals surface area (Å²) >= 11 is -2.56. The van der Waals surface area contributed by atoms with Crippen molar-refractivity contribution in [3.63, 3.8) is 0 Å². The second-order valence-electron chi connectivity index (χ2n) is 7.63. The molecule has 176 valence electrons. The van der Waals surface area contributed by atoms with E-state index in [9.17, 15) is 26.7 Å². The summed E-state index contributed by atoms with van der Waals surface area (Å²) < 4.78 is 73.4. The lowest BCUT2D eigenvalue weighted by Crippen LogP contribution is -2.36. The molecule has 7 nitrogen and oxygen atoms in total. The zero-order chi connectivity index (χ0) is 23.6. The second-order valence-corrected chi connectivity index (χ2v) is 8.50. The molecule has 3 aromatic rings. The molecule has 33 heavy (non-hydrogen) atoms. The third-order valence-electron chi connectivity index (χ3n) is 5.29. The maximum atomic E-state index is 12.9. The van der Waals surface area contributed by atoms with E-state index >= 15 is 0 Å². The van der Waals surface area contributed by atoms with Crippen molar-refractivity contribution in [1.82, 2.24) is 9.47 Å². The van der Waals surface area contributed by atoms with E-state index in [1.807, 2.05) is 30.3 Å². The standard InChI is InChI=1S/C22H21F3N2O5S/c23-22(24,25)21(28)32-18-12-27(14-33(29)30)20-17(31-13-15-5-2-1-3-6-15)8-7-16(19(18)20)11-26-9-4-10-26/h1-3,5-8,12H,4,9-11,13-14H2,(H,29,30)/p-1. The number of carbonyl (C=O) groups is 1. The predicted molar refractivity (Wildman–Crippen MR) is 113 cm³/mol. The number of ether oxygens (including phenoxy) is 2. The van der Waals surface area contributed by atoms with Gasteiger partial charge in [0.05, 0.1) is 16.8 Å². The summed E-state index contributed by atoms with van der Waals surface area (Å²) in [5, 5.41) is 0.218. The number of rotatable bonds is 8. The van der Waals surface area contributed by atoms with Crippen LogP contribution in [0.5, 0.6) is 11.5 Å². The lowest BCUT2D eigenvalue weighted by atomic mass is 10.1. The van der Waals surface area contributed by atoms with Crippen molar-refractivity contribution in [3.05, 3.63) is 59.8 Å². The van der Waals surface area contributed by atoms with Crippen LogP contribution >= 0.6 is 0 Å². The average Bonchev–Trinajstić information content (AvgIpc) is 3.07. The molecule has 0 amide bonds. The fourth-order valence-electron chi connectivity index (χ4n) is 3.66. The molecule has 1 aromatic heterocycles. The van der Waals surface area contributed by atoms with Gasteiger partial charge in [0.2, 0.25) is 0 Å². The Labute approximate surface area is 190 Å². The van der Waals surface area contributed by atoms with Gasteiger partial charge in [-0.05, 0) is 47.8 Å². The topological polar surface area (TPSA) is 83.8 Å². The normalized spacial score (nSPS) is 15.3. The third-order valence-corrected chi connectivity index (χ3v) is 5.78. The van der Waals surface area contributed by atoms with Crippen molar-refractivity contribution in [2.75, 3.05) is 13.1 Å². The van der Waals surface area contributed by atoms with E-state index in [4.69, 9.17) is 4.74 Å². The molecule has 1 unspecified atom stereocenters. The summed E-state index contributed by atoms with van der Waals surface area (Å²) in [6.07, 6.45) is -3.10. The van der Waals surface area contributed by atoms with Crippen LogP contribution in [0.2, 0.25) is 0 Å². The predicted octanol–water partition coefficient (Wildman–Crippen LogP) is 3.73. The zero-order valence-corrected chi connectivity index (χ0v) is 18.2. The molecule has 1 aliphatic rings. The number of esters is 1. The molecule has 1 fully saturated rings. The van der Waals surface area contributed by atoms with E-state index in [2.05, 4.69) is 9.64 Å². The van der Waals surface area contributed by atoms with Gasteiger partial charge < -0.3 is 18.6 Å². The molecule has 0 N–H and O–H groups in total. The summed E-state index contributed by atoms with van der Waals surface area (Å²) in [4.78, 5) is 13.7. The third kappa shape index (κ3) is 5.37. The van der Waals surface area contributed by atoms with Crippen molar-refractivity contribution >= 4 is 28.0 Å². The van der Waals surface area contributed by atoms with Gasteiger partial charge >= 0.3 is 12.1 Å². The van der Waals surface area contributed by atoms with E-state index in [0.29, 0.717) is 12.1 Å². The lowest BCUT2D eigenvalue weighted by molar-refractivity contribution is -0.189. The molecule has 1 saturated heterocycles. The van der Waals surface area contributed by atoms with Crippen molar-refractivity contribution in [3.8, 4) is 11.5 Å². The van der Waals surface area contributed by atoms with Gasteiger partial charge in [0, 0.05) is 12.7 Å². The van der Waals surface area contributed by atoms with E-state index < -0.39 is 29.1 Å². The molecule has 0 aliphatic carbocycles. The van der Waals surface area contributed by atoms with Gasteiger partial charge in [0.25, 0.3) is 0 Å². The smallest absolute Gasteiger partial charge is 0.491 e. The van der Waals surface area contributed by atoms with E-state index in [0.717, 1.165) is 31.3 Å². The average molecular weight is 481 g/mol. The van der Waals surface area contributed by atoms with Crippen LogP contribution in [0.4, 0.5) is 13.2 Å². The summed E-state index contributed by atoms with van der Waals surface area (Å²) in [6, 6.07) is 12.6. The minimum absolute atomic E-state index is 0.157.